The van der Waals surface area contributed by atoms with E-state index in [1.165, 1.54) is 28.1 Å². The summed E-state index contributed by atoms with van der Waals surface area (Å²) in [5, 5.41) is 3.54. The molecule has 0 saturated heterocycles. The molecule has 2 rings (SSSR count). The molecule has 0 spiro atoms. The lowest BCUT2D eigenvalue weighted by molar-refractivity contribution is 1.08. The Morgan fingerprint density at radius 1 is 0.947 bits per heavy atom. The lowest BCUT2D eigenvalue weighted by Gasteiger charge is -2.19. The Hall–Kier alpha value is -1.96. The normalized spacial score (nSPS) is 10.3. The lowest BCUT2D eigenvalue weighted by Crippen LogP contribution is -2.12. The summed E-state index contributed by atoms with van der Waals surface area (Å²) in [5.41, 5.74) is 6.47. The minimum atomic E-state index is 0.859. The van der Waals surface area contributed by atoms with Gasteiger partial charge in [0.05, 0.1) is 11.4 Å². The Labute approximate surface area is 116 Å². The second kappa shape index (κ2) is 5.79. The third-order valence-corrected chi connectivity index (χ3v) is 3.57. The summed E-state index contributed by atoms with van der Waals surface area (Å²) in [6.45, 7) is 5.20. The smallest absolute Gasteiger partial charge is 0.0596 e. The van der Waals surface area contributed by atoms with Gasteiger partial charge in [-0.25, -0.2) is 0 Å². The van der Waals surface area contributed by atoms with Crippen molar-refractivity contribution in [1.29, 1.82) is 0 Å². The molecule has 19 heavy (non-hydrogen) atoms. The molecular formula is C17H22N2. The second-order valence-electron chi connectivity index (χ2n) is 5.12. The van der Waals surface area contributed by atoms with Crippen LogP contribution in [0.1, 0.15) is 16.7 Å². The molecule has 0 bridgehead atoms. The molecule has 2 heteroatoms. The third kappa shape index (κ3) is 3.08. The minimum Gasteiger partial charge on any atom is -0.379 e. The Morgan fingerprint density at radius 3 is 2.42 bits per heavy atom. The molecule has 100 valence electrons. The fourth-order valence-corrected chi connectivity index (χ4v) is 2.21. The van der Waals surface area contributed by atoms with Gasteiger partial charge < -0.3 is 10.2 Å². The second-order valence-corrected chi connectivity index (χ2v) is 5.12. The summed E-state index contributed by atoms with van der Waals surface area (Å²) in [6, 6.07) is 14.9. The Morgan fingerprint density at radius 2 is 1.68 bits per heavy atom. The van der Waals surface area contributed by atoms with Crippen LogP contribution >= 0.6 is 0 Å². The highest BCUT2D eigenvalue weighted by atomic mass is 15.1. The summed E-state index contributed by atoms with van der Waals surface area (Å²) < 4.78 is 0. The van der Waals surface area contributed by atoms with Crippen LogP contribution in [-0.4, -0.2) is 14.1 Å². The maximum atomic E-state index is 3.54. The number of nitrogens with zero attached hydrogens (tertiary/aromatic N) is 1. The fourth-order valence-electron chi connectivity index (χ4n) is 2.21. The van der Waals surface area contributed by atoms with Crippen molar-refractivity contribution in [1.82, 2.24) is 0 Å². The zero-order chi connectivity index (χ0) is 13.8. The molecular weight excluding hydrogens is 232 g/mol. The third-order valence-electron chi connectivity index (χ3n) is 3.57. The van der Waals surface area contributed by atoms with E-state index in [4.69, 9.17) is 0 Å². The molecule has 2 aromatic carbocycles. The van der Waals surface area contributed by atoms with E-state index in [1.807, 2.05) is 0 Å². The van der Waals surface area contributed by atoms with E-state index in [1.54, 1.807) is 0 Å². The minimum absolute atomic E-state index is 0.859. The summed E-state index contributed by atoms with van der Waals surface area (Å²) in [7, 11) is 4.14. The highest BCUT2D eigenvalue weighted by Crippen LogP contribution is 2.24. The summed E-state index contributed by atoms with van der Waals surface area (Å²) in [5.74, 6) is 0. The molecule has 0 heterocycles. The van der Waals surface area contributed by atoms with Gasteiger partial charge in [-0.1, -0.05) is 30.3 Å². The quantitative estimate of drug-likeness (QED) is 0.887. The average Bonchev–Trinajstić information content (AvgIpc) is 2.40. The largest absolute Gasteiger partial charge is 0.379 e. The first-order chi connectivity index (χ1) is 9.09. The molecule has 0 radical (unpaired) electrons. The number of para-hydroxylation sites is 2. The first-order valence-electron chi connectivity index (χ1n) is 6.65. The van der Waals surface area contributed by atoms with Crippen molar-refractivity contribution < 1.29 is 0 Å². The molecule has 1 N–H and O–H groups in total. The monoisotopic (exact) mass is 254 g/mol. The Kier molecular flexibility index (Phi) is 4.10. The van der Waals surface area contributed by atoms with Crippen LogP contribution in [-0.2, 0) is 6.54 Å². The van der Waals surface area contributed by atoms with E-state index in [2.05, 4.69) is 80.6 Å². The zero-order valence-corrected chi connectivity index (χ0v) is 12.2. The molecule has 2 nitrogen and oxygen atoms in total. The van der Waals surface area contributed by atoms with Crippen molar-refractivity contribution in [2.75, 3.05) is 24.3 Å². The molecule has 0 aliphatic carbocycles. The van der Waals surface area contributed by atoms with Gasteiger partial charge in [0.25, 0.3) is 0 Å². The SMILES string of the molecule is Cc1cccc(CNc2ccccc2N(C)C)c1C. The van der Waals surface area contributed by atoms with E-state index in [-0.39, 0.29) is 0 Å². The van der Waals surface area contributed by atoms with Crippen LogP contribution in [0.4, 0.5) is 11.4 Å². The summed E-state index contributed by atoms with van der Waals surface area (Å²) in [6.07, 6.45) is 0. The fraction of sp³-hybridized carbons (Fsp3) is 0.294. The maximum Gasteiger partial charge on any atom is 0.0596 e. The molecule has 2 aromatic rings. The number of rotatable bonds is 4. The zero-order valence-electron chi connectivity index (χ0n) is 12.2. The van der Waals surface area contributed by atoms with Crippen LogP contribution in [0.5, 0.6) is 0 Å². The number of nitrogens with one attached hydrogen (secondary N) is 1. The molecule has 0 aromatic heterocycles. The molecule has 0 fully saturated rings. The molecule has 0 aliphatic heterocycles. The first-order valence-corrected chi connectivity index (χ1v) is 6.65. The van der Waals surface area contributed by atoms with Crippen LogP contribution in [0, 0.1) is 13.8 Å². The lowest BCUT2D eigenvalue weighted by atomic mass is 10.0. The summed E-state index contributed by atoms with van der Waals surface area (Å²) in [4.78, 5) is 2.13. The number of benzene rings is 2. The highest BCUT2D eigenvalue weighted by Gasteiger charge is 2.04. The van der Waals surface area contributed by atoms with Crippen molar-refractivity contribution in [3.63, 3.8) is 0 Å². The van der Waals surface area contributed by atoms with E-state index in [9.17, 15) is 0 Å². The van der Waals surface area contributed by atoms with Crippen LogP contribution in [0.25, 0.3) is 0 Å². The van der Waals surface area contributed by atoms with Crippen molar-refractivity contribution in [2.24, 2.45) is 0 Å². The van der Waals surface area contributed by atoms with Crippen molar-refractivity contribution >= 4 is 11.4 Å². The number of hydrogen-bond acceptors (Lipinski definition) is 2. The summed E-state index contributed by atoms with van der Waals surface area (Å²) >= 11 is 0. The molecule has 0 amide bonds. The van der Waals surface area contributed by atoms with Gasteiger partial charge in [-0.3, -0.25) is 0 Å². The molecule has 0 unspecified atom stereocenters. The number of hydrogen-bond donors (Lipinski definition) is 1. The maximum absolute atomic E-state index is 3.54. The van der Waals surface area contributed by atoms with Crippen LogP contribution in [0.15, 0.2) is 42.5 Å². The van der Waals surface area contributed by atoms with Crippen LogP contribution < -0.4 is 10.2 Å². The van der Waals surface area contributed by atoms with Gasteiger partial charge in [0, 0.05) is 20.6 Å². The van der Waals surface area contributed by atoms with Crippen molar-refractivity contribution in [3.8, 4) is 0 Å². The predicted molar refractivity (Wildman–Crippen MR) is 84.0 cm³/mol. The van der Waals surface area contributed by atoms with Crippen LogP contribution in [0.2, 0.25) is 0 Å². The topological polar surface area (TPSA) is 15.3 Å². The van der Waals surface area contributed by atoms with Gasteiger partial charge in [0.15, 0.2) is 0 Å². The first kappa shape index (κ1) is 13.5. The molecule has 0 saturated carbocycles. The van der Waals surface area contributed by atoms with Gasteiger partial charge in [-0.15, -0.1) is 0 Å². The van der Waals surface area contributed by atoms with Crippen molar-refractivity contribution in [3.05, 3.63) is 59.2 Å². The van der Waals surface area contributed by atoms with E-state index >= 15 is 0 Å². The van der Waals surface area contributed by atoms with E-state index in [0.29, 0.717) is 0 Å². The van der Waals surface area contributed by atoms with Gasteiger partial charge in [-0.05, 0) is 42.7 Å². The predicted octanol–water partition coefficient (Wildman–Crippen LogP) is 3.98. The number of aryl methyl sites for hydroxylation is 1. The van der Waals surface area contributed by atoms with Gasteiger partial charge in [0.1, 0.15) is 0 Å². The van der Waals surface area contributed by atoms with Gasteiger partial charge in [-0.2, -0.15) is 0 Å². The van der Waals surface area contributed by atoms with Gasteiger partial charge in [0.2, 0.25) is 0 Å². The highest BCUT2D eigenvalue weighted by molar-refractivity contribution is 5.69. The standard InChI is InChI=1S/C17H22N2/c1-13-8-7-9-15(14(13)2)12-18-16-10-5-6-11-17(16)19(3)4/h5-11,18H,12H2,1-4H3. The van der Waals surface area contributed by atoms with Crippen LogP contribution in [0.3, 0.4) is 0 Å². The van der Waals surface area contributed by atoms with Gasteiger partial charge >= 0.3 is 0 Å². The Balaban J connectivity index is 2.17. The van der Waals surface area contributed by atoms with E-state index in [0.717, 1.165) is 6.54 Å². The van der Waals surface area contributed by atoms with E-state index < -0.39 is 0 Å². The average molecular weight is 254 g/mol. The number of anilines is 2. The molecule has 0 aliphatic rings. The Bertz CT molecular complexity index is 559. The molecule has 0 atom stereocenters. The van der Waals surface area contributed by atoms with Crippen molar-refractivity contribution in [2.45, 2.75) is 20.4 Å².